The third-order valence-corrected chi connectivity index (χ3v) is 10.7. The van der Waals surface area contributed by atoms with Crippen molar-refractivity contribution in [3.63, 3.8) is 0 Å². The van der Waals surface area contributed by atoms with E-state index in [1.807, 2.05) is 56.9 Å². The van der Waals surface area contributed by atoms with E-state index in [-0.39, 0.29) is 61.2 Å². The number of benzene rings is 3. The number of ether oxygens (including phenoxy) is 1. The lowest BCUT2D eigenvalue weighted by atomic mass is 9.95. The zero-order valence-corrected chi connectivity index (χ0v) is 36.7. The Labute approximate surface area is 368 Å². The number of halogens is 5. The number of pyridine rings is 1. The van der Waals surface area contributed by atoms with Crippen molar-refractivity contribution in [3.8, 4) is 11.1 Å². The molecule has 2 amide bonds. The molecule has 6 rings (SSSR count). The van der Waals surface area contributed by atoms with Gasteiger partial charge in [-0.2, -0.15) is 18.2 Å². The Bertz CT molecular complexity index is 2420. The average Bonchev–Trinajstić information content (AvgIpc) is 3.29. The molecule has 64 heavy (non-hydrogen) atoms. The lowest BCUT2D eigenvalue weighted by molar-refractivity contribution is -0.162. The van der Waals surface area contributed by atoms with Crippen molar-refractivity contribution in [1.82, 2.24) is 24.3 Å². The van der Waals surface area contributed by atoms with Crippen LogP contribution >= 0.6 is 0 Å². The largest absolute Gasteiger partial charge is 0.462 e. The first-order valence-electron chi connectivity index (χ1n) is 20.8. The third-order valence-electron chi connectivity index (χ3n) is 10.7. The maximum Gasteiger partial charge on any atom is 0.416 e. The summed E-state index contributed by atoms with van der Waals surface area (Å²) in [6.07, 6.45) is -1.16. The Hall–Kier alpha value is -6.23. The van der Waals surface area contributed by atoms with E-state index in [2.05, 4.69) is 20.0 Å². The molecule has 5 aromatic rings. The number of nitrogens with zero attached hydrogens (tertiary/aromatic N) is 6. The van der Waals surface area contributed by atoms with Crippen molar-refractivity contribution < 1.29 is 41.1 Å². The first-order chi connectivity index (χ1) is 30.4. The van der Waals surface area contributed by atoms with Crippen LogP contribution in [0.15, 0.2) is 101 Å². The number of likely N-dealkylation sites (tertiary alicyclic amines) is 1. The Balaban J connectivity index is 0.00000104. The maximum atomic E-state index is 14.7. The van der Waals surface area contributed by atoms with E-state index in [0.717, 1.165) is 23.3 Å². The molecule has 342 valence electrons. The summed E-state index contributed by atoms with van der Waals surface area (Å²) in [5, 5.41) is 2.39. The zero-order chi connectivity index (χ0) is 47.2. The van der Waals surface area contributed by atoms with E-state index >= 15 is 0 Å². The molecular formula is C47H53F5N6O6. The molecule has 0 spiro atoms. The van der Waals surface area contributed by atoms with Gasteiger partial charge >= 0.3 is 12.1 Å². The summed E-state index contributed by atoms with van der Waals surface area (Å²) < 4.78 is 70.2. The Morgan fingerprint density at radius 1 is 0.891 bits per heavy atom. The summed E-state index contributed by atoms with van der Waals surface area (Å²) in [5.74, 6) is -1.17. The molecule has 0 N–H and O–H groups in total. The van der Waals surface area contributed by atoms with Crippen molar-refractivity contribution in [2.45, 2.75) is 104 Å². The van der Waals surface area contributed by atoms with E-state index in [1.165, 1.54) is 24.3 Å². The number of hydrogen-bond donors (Lipinski definition) is 0. The van der Waals surface area contributed by atoms with Gasteiger partial charge in [0.25, 0.3) is 11.5 Å². The van der Waals surface area contributed by atoms with Gasteiger partial charge in [0.15, 0.2) is 0 Å². The van der Waals surface area contributed by atoms with Gasteiger partial charge in [0.05, 0.1) is 24.2 Å². The molecule has 2 aromatic heterocycles. The van der Waals surface area contributed by atoms with Crippen molar-refractivity contribution in [3.05, 3.63) is 135 Å². The normalized spacial score (nSPS) is 13.3. The second kappa shape index (κ2) is 22.9. The van der Waals surface area contributed by atoms with E-state index in [0.29, 0.717) is 62.1 Å². The van der Waals surface area contributed by atoms with Crippen molar-refractivity contribution in [2.75, 3.05) is 20.3 Å². The second-order valence-electron chi connectivity index (χ2n) is 15.8. The second-order valence-corrected chi connectivity index (χ2v) is 15.8. The van der Waals surface area contributed by atoms with Crippen LogP contribution in [0.1, 0.15) is 76.4 Å². The monoisotopic (exact) mass is 892 g/mol. The molecule has 0 atom stereocenters. The van der Waals surface area contributed by atoms with Crippen LogP contribution in [-0.2, 0) is 51.2 Å². The van der Waals surface area contributed by atoms with Gasteiger partial charge in [-0.1, -0.05) is 55.5 Å². The van der Waals surface area contributed by atoms with Crippen molar-refractivity contribution >= 4 is 28.8 Å². The molecule has 0 saturated carbocycles. The molecule has 0 aliphatic carbocycles. The van der Waals surface area contributed by atoms with Crippen LogP contribution in [0.3, 0.4) is 0 Å². The van der Waals surface area contributed by atoms with Gasteiger partial charge in [0.2, 0.25) is 5.91 Å². The highest BCUT2D eigenvalue weighted by atomic mass is 19.4. The number of aryl methyl sites for hydroxylation is 2. The summed E-state index contributed by atoms with van der Waals surface area (Å²) in [7, 11) is 0.500. The van der Waals surface area contributed by atoms with Crippen LogP contribution in [-0.4, -0.2) is 80.1 Å². The minimum Gasteiger partial charge on any atom is -0.462 e. The molecule has 0 unspecified atom stereocenters. The molecule has 1 saturated heterocycles. The first-order valence-corrected chi connectivity index (χ1v) is 20.8. The number of fused-ring (bicyclic) bond motifs is 1. The molecule has 3 heterocycles. The molecular weight excluding hydrogens is 840 g/mol. The third kappa shape index (κ3) is 13.4. The quantitative estimate of drug-likeness (QED) is 0.0643. The number of carbonyl (C=O) groups excluding carboxylic acids is 3. The fourth-order valence-electron chi connectivity index (χ4n) is 7.23. The summed E-state index contributed by atoms with van der Waals surface area (Å²) in [5.41, 5.74) is 1.12. The van der Waals surface area contributed by atoms with Gasteiger partial charge in [0, 0.05) is 49.9 Å². The molecule has 1 aliphatic heterocycles. The summed E-state index contributed by atoms with van der Waals surface area (Å²) in [6.45, 7) is 10.0. The molecule has 0 bridgehead atoms. The number of amides is 2. The minimum atomic E-state index is -4.43. The van der Waals surface area contributed by atoms with Crippen molar-refractivity contribution in [2.24, 2.45) is 5.18 Å². The minimum absolute atomic E-state index is 0.171. The molecule has 1 fully saturated rings. The van der Waals surface area contributed by atoms with Gasteiger partial charge in [0.1, 0.15) is 29.4 Å². The lowest BCUT2D eigenvalue weighted by Gasteiger charge is -2.44. The number of aromatic nitrogens is 3. The zero-order valence-electron chi connectivity index (χ0n) is 36.7. The lowest BCUT2D eigenvalue weighted by Crippen LogP contribution is -2.57. The van der Waals surface area contributed by atoms with E-state index in [1.54, 1.807) is 42.0 Å². The predicted octanol–water partition coefficient (Wildman–Crippen LogP) is 8.90. The van der Waals surface area contributed by atoms with Gasteiger partial charge in [-0.05, 0) is 106 Å². The van der Waals surface area contributed by atoms with E-state index in [9.17, 15) is 41.1 Å². The number of hydrogen-bond acceptors (Lipinski definition) is 9. The Morgan fingerprint density at radius 3 is 2.06 bits per heavy atom. The molecule has 3 aromatic carbocycles. The van der Waals surface area contributed by atoms with Gasteiger partial charge in [-0.25, -0.2) is 9.37 Å². The SMILES string of the molecule is CC(C)OC(=O)C(C)(C)N1CCC(N(Cc2ccc(-c3ccc(C(F)(F)F)cc3)cc2)C(=O)Cn2c(CCc3cccc(F)c3)nc(=O)c3cccnc32)CC1.CCC(=O)N=O.CF. The maximum absolute atomic E-state index is 14.7. The number of esters is 1. The number of rotatable bonds is 13. The van der Waals surface area contributed by atoms with Gasteiger partial charge in [-0.15, -0.1) is 4.91 Å². The number of carbonyl (C=O) groups is 3. The van der Waals surface area contributed by atoms with Crippen LogP contribution in [0.4, 0.5) is 22.0 Å². The Kier molecular flexibility index (Phi) is 18.1. The summed E-state index contributed by atoms with van der Waals surface area (Å²) >= 11 is 0. The Morgan fingerprint density at radius 2 is 1.52 bits per heavy atom. The topological polar surface area (TPSA) is 144 Å². The predicted molar refractivity (Wildman–Crippen MR) is 233 cm³/mol. The fraction of sp³-hybridized carbons (Fsp3) is 0.404. The van der Waals surface area contributed by atoms with Crippen LogP contribution in [0.25, 0.3) is 22.2 Å². The number of alkyl halides is 4. The van der Waals surface area contributed by atoms with Crippen LogP contribution in [0, 0.1) is 10.7 Å². The highest BCUT2D eigenvalue weighted by molar-refractivity contribution is 5.81. The molecule has 17 heteroatoms. The van der Waals surface area contributed by atoms with Gasteiger partial charge < -0.3 is 14.2 Å². The number of piperidine rings is 1. The summed E-state index contributed by atoms with van der Waals surface area (Å²) in [4.78, 5) is 72.4. The van der Waals surface area contributed by atoms with Gasteiger partial charge in [-0.3, -0.25) is 28.5 Å². The average molecular weight is 893 g/mol. The highest BCUT2D eigenvalue weighted by Gasteiger charge is 2.40. The van der Waals surface area contributed by atoms with Crippen molar-refractivity contribution in [1.29, 1.82) is 0 Å². The number of nitroso groups, excluding NO2 is 1. The van der Waals surface area contributed by atoms with E-state index in [4.69, 9.17) is 9.64 Å². The molecule has 12 nitrogen and oxygen atoms in total. The van der Waals surface area contributed by atoms with Crippen LogP contribution in [0.5, 0.6) is 0 Å². The highest BCUT2D eigenvalue weighted by Crippen LogP contribution is 2.32. The van der Waals surface area contributed by atoms with Crippen LogP contribution < -0.4 is 5.56 Å². The first kappa shape index (κ1) is 50.4. The summed E-state index contributed by atoms with van der Waals surface area (Å²) in [6, 6.07) is 21.5. The molecule has 1 aliphatic rings. The van der Waals surface area contributed by atoms with Crippen LogP contribution in [0.2, 0.25) is 0 Å². The smallest absolute Gasteiger partial charge is 0.416 e. The fourth-order valence-corrected chi connectivity index (χ4v) is 7.23. The molecule has 0 radical (unpaired) electrons. The standard InChI is InChI=1S/C43H45F4N5O4.C3H5NO2.CH3F/c1-28(2)56-41(55)42(3,4)50-23-20-35(21-24-50)51(26-30-10-13-31(14-11-30)32-15-17-33(18-16-32)43(45,46)47)38(53)27-52-37(19-12-29-7-5-8-34(44)25-29)49-40(54)36-9-6-22-48-39(36)52;1-2-3(5)4-6;1-2/h5-11,13-18,22,25,28,35H,12,19-21,23-24,26-27H2,1-4H3;2H2,1H3;1H3. The van der Waals surface area contributed by atoms with E-state index < -0.39 is 28.7 Å².